The Hall–Kier alpha value is -7.61. The minimum atomic E-state index is -1.60. The number of para-hydroxylation sites is 1. The number of hydrogen-bond acceptors (Lipinski definition) is 13. The predicted molar refractivity (Wildman–Crippen MR) is 265 cm³/mol. The number of aromatic nitrogens is 3. The number of H-pyrrole nitrogens is 2. The normalized spacial score (nSPS) is 14.0. The molecule has 3 aromatic rings. The van der Waals surface area contributed by atoms with Crippen molar-refractivity contribution in [2.45, 2.75) is 134 Å². The summed E-state index contributed by atoms with van der Waals surface area (Å²) in [5.41, 5.74) is 30.2. The topological polar surface area (TPSA) is 445 Å². The Morgan fingerprint density at radius 2 is 1.31 bits per heavy atom. The number of imidazole rings is 1. The number of nitrogens with one attached hydrogen (secondary N) is 9. The van der Waals surface area contributed by atoms with E-state index < -0.39 is 114 Å². The molecule has 8 amide bonds. The van der Waals surface area contributed by atoms with E-state index in [9.17, 15) is 48.3 Å². The number of aromatic amines is 2. The Morgan fingerprint density at radius 3 is 1.90 bits per heavy atom. The summed E-state index contributed by atoms with van der Waals surface area (Å²) in [6, 6.07) is -1.84. The van der Waals surface area contributed by atoms with Crippen molar-refractivity contribution in [3.8, 4) is 0 Å². The first kappa shape index (κ1) is 58.7. The van der Waals surface area contributed by atoms with E-state index in [0.29, 0.717) is 36.9 Å². The monoisotopic (exact) mass is 1010 g/mol. The number of carbonyl (C=O) groups excluding carboxylic acids is 8. The number of guanidine groups is 1. The van der Waals surface area contributed by atoms with E-state index in [-0.39, 0.29) is 57.6 Å². The fourth-order valence-electron chi connectivity index (χ4n) is 7.48. The van der Waals surface area contributed by atoms with Crippen LogP contribution in [0.4, 0.5) is 0 Å². The van der Waals surface area contributed by atoms with Gasteiger partial charge in [0.15, 0.2) is 5.96 Å². The van der Waals surface area contributed by atoms with Crippen molar-refractivity contribution in [3.05, 3.63) is 54.2 Å². The summed E-state index contributed by atoms with van der Waals surface area (Å²) in [5, 5.41) is 28.2. The van der Waals surface area contributed by atoms with Gasteiger partial charge in [0.25, 0.3) is 0 Å². The summed E-state index contributed by atoms with van der Waals surface area (Å²) in [6.45, 7) is 4.63. The first-order chi connectivity index (χ1) is 34.2. The standard InChI is InChI=1S/C46H72N16O10/c1-4-5-12-32(58-39(65)29(48)19-27-22-52-24-56-27)42(68)59-33(15-10-17-53-46(50)51)43(69)60-34(18-26-21-54-30-13-7-6-11-28(26)30)40(66)55-23-37(64)57-31(14-8-9-16-47)41(67)61-35(20-36(49)63)44(70)62-38(25(2)3)45(71)72/h6-7,11,13,21-22,24-25,29,31-35,38,54H,4-5,8-10,12,14-20,23,47-48H2,1-3H3,(H2,49,63)(H,52,56)(H,55,66)(H,57,64)(H,58,65)(H,59,68)(H,60,69)(H,61,67)(H,62,70)(H,71,72)(H4,50,51,53)/t29-,31-,32+,33-,34-,35-,38-/m0/s1. The van der Waals surface area contributed by atoms with Crippen molar-refractivity contribution in [1.82, 2.24) is 52.2 Å². The first-order valence-corrected chi connectivity index (χ1v) is 23.9. The molecule has 0 fully saturated rings. The highest BCUT2D eigenvalue weighted by Gasteiger charge is 2.34. The van der Waals surface area contributed by atoms with Crippen LogP contribution in [0.3, 0.4) is 0 Å². The molecular formula is C46H72N16O10. The number of aliphatic carboxylic acids is 1. The van der Waals surface area contributed by atoms with E-state index in [4.69, 9.17) is 28.7 Å². The second kappa shape index (κ2) is 30.2. The lowest BCUT2D eigenvalue weighted by Crippen LogP contribution is -2.59. The minimum absolute atomic E-state index is 0.00782. The molecule has 72 heavy (non-hydrogen) atoms. The van der Waals surface area contributed by atoms with Gasteiger partial charge in [-0.1, -0.05) is 51.8 Å². The molecule has 20 N–H and O–H groups in total. The fraction of sp³-hybridized carbons (Fsp3) is 0.543. The van der Waals surface area contributed by atoms with Gasteiger partial charge in [-0.25, -0.2) is 9.78 Å². The minimum Gasteiger partial charge on any atom is -0.480 e. The van der Waals surface area contributed by atoms with Crippen LogP contribution in [0.5, 0.6) is 0 Å². The van der Waals surface area contributed by atoms with Gasteiger partial charge in [-0.3, -0.25) is 43.3 Å². The highest BCUT2D eigenvalue weighted by molar-refractivity contribution is 5.98. The molecule has 0 radical (unpaired) electrons. The Bertz CT molecular complexity index is 2320. The number of unbranched alkanes of at least 4 members (excludes halogenated alkanes) is 2. The van der Waals surface area contributed by atoms with Gasteiger partial charge in [-0.15, -0.1) is 0 Å². The van der Waals surface area contributed by atoms with E-state index in [1.807, 2.05) is 25.1 Å². The number of rotatable bonds is 33. The number of fused-ring (bicyclic) bond motifs is 1. The number of amides is 8. The molecule has 0 saturated heterocycles. The van der Waals surface area contributed by atoms with Crippen LogP contribution in [0.25, 0.3) is 10.9 Å². The molecule has 0 unspecified atom stereocenters. The van der Waals surface area contributed by atoms with Crippen molar-refractivity contribution in [2.75, 3.05) is 19.6 Å². The number of primary amides is 1. The van der Waals surface area contributed by atoms with E-state index in [1.54, 1.807) is 26.1 Å². The van der Waals surface area contributed by atoms with Gasteiger partial charge in [0.2, 0.25) is 47.3 Å². The maximum Gasteiger partial charge on any atom is 0.326 e. The average molecular weight is 1010 g/mol. The second-order valence-electron chi connectivity index (χ2n) is 17.6. The van der Waals surface area contributed by atoms with Crippen molar-refractivity contribution in [3.63, 3.8) is 0 Å². The molecule has 0 aliphatic rings. The quantitative estimate of drug-likeness (QED) is 0.0164. The Balaban J connectivity index is 1.87. The molecule has 26 nitrogen and oxygen atoms in total. The largest absolute Gasteiger partial charge is 0.480 e. The molecule has 2 heterocycles. The third-order valence-electron chi connectivity index (χ3n) is 11.4. The summed E-state index contributed by atoms with van der Waals surface area (Å²) in [7, 11) is 0. The second-order valence-corrected chi connectivity index (χ2v) is 17.6. The van der Waals surface area contributed by atoms with Gasteiger partial charge in [0.05, 0.1) is 25.3 Å². The molecule has 7 atom stereocenters. The lowest BCUT2D eigenvalue weighted by atomic mass is 10.0. The van der Waals surface area contributed by atoms with Gasteiger partial charge in [0.1, 0.15) is 36.3 Å². The van der Waals surface area contributed by atoms with Crippen molar-refractivity contribution in [2.24, 2.45) is 39.6 Å². The number of carbonyl (C=O) groups is 9. The van der Waals surface area contributed by atoms with Gasteiger partial charge < -0.3 is 81.0 Å². The fourth-order valence-corrected chi connectivity index (χ4v) is 7.48. The Labute approximate surface area is 416 Å². The number of hydrogen-bond donors (Lipinski definition) is 15. The predicted octanol–water partition coefficient (Wildman–Crippen LogP) is -2.98. The SMILES string of the molecule is CCCC[C@@H](NC(=O)[C@@H](N)Cc1cnc[nH]1)C(=O)N[C@@H](CCCN=C(N)N)C(=O)N[C@@H](Cc1c[nH]c2ccccc12)C(=O)NCC(=O)N[C@@H](CCCCN)C(=O)N[C@@H](CC(N)=O)C(=O)N[C@H](C(=O)O)C(C)C. The molecule has 0 aliphatic carbocycles. The van der Waals surface area contributed by atoms with Crippen LogP contribution in [-0.4, -0.2) is 141 Å². The number of nitrogens with two attached hydrogens (primary N) is 5. The zero-order chi connectivity index (χ0) is 53.3. The van der Waals surface area contributed by atoms with Gasteiger partial charge in [-0.05, 0) is 62.6 Å². The average Bonchev–Trinajstić information content (AvgIpc) is 4.00. The first-order valence-electron chi connectivity index (χ1n) is 23.9. The highest BCUT2D eigenvalue weighted by Crippen LogP contribution is 2.20. The molecule has 3 rings (SSSR count). The van der Waals surface area contributed by atoms with E-state index in [2.05, 4.69) is 57.2 Å². The zero-order valence-corrected chi connectivity index (χ0v) is 41.0. The van der Waals surface area contributed by atoms with Crippen LogP contribution in [0.15, 0.2) is 48.0 Å². The molecule has 2 aromatic heterocycles. The zero-order valence-electron chi connectivity index (χ0n) is 41.0. The van der Waals surface area contributed by atoms with Gasteiger partial charge in [-0.2, -0.15) is 0 Å². The summed E-state index contributed by atoms with van der Waals surface area (Å²) < 4.78 is 0. The summed E-state index contributed by atoms with van der Waals surface area (Å²) in [4.78, 5) is 134. The summed E-state index contributed by atoms with van der Waals surface area (Å²) >= 11 is 0. The van der Waals surface area contributed by atoms with Crippen LogP contribution >= 0.6 is 0 Å². The molecule has 0 saturated carbocycles. The van der Waals surface area contributed by atoms with Crippen LogP contribution in [0.2, 0.25) is 0 Å². The molecule has 1 aromatic carbocycles. The lowest BCUT2D eigenvalue weighted by molar-refractivity contribution is -0.143. The Kier molecular flexibility index (Phi) is 24.6. The third-order valence-corrected chi connectivity index (χ3v) is 11.4. The molecular weight excluding hydrogens is 937 g/mol. The Morgan fingerprint density at radius 1 is 0.708 bits per heavy atom. The van der Waals surface area contributed by atoms with Crippen LogP contribution in [0, 0.1) is 5.92 Å². The van der Waals surface area contributed by atoms with Crippen molar-refractivity contribution in [1.29, 1.82) is 0 Å². The molecule has 0 aliphatic heterocycles. The van der Waals surface area contributed by atoms with Gasteiger partial charge in [0, 0.05) is 48.4 Å². The van der Waals surface area contributed by atoms with Gasteiger partial charge >= 0.3 is 5.97 Å². The number of benzene rings is 1. The summed E-state index contributed by atoms with van der Waals surface area (Å²) in [5.74, 6) is -8.74. The molecule has 396 valence electrons. The van der Waals surface area contributed by atoms with Crippen LogP contribution in [-0.2, 0) is 56.0 Å². The smallest absolute Gasteiger partial charge is 0.326 e. The van der Waals surface area contributed by atoms with Crippen LogP contribution < -0.4 is 65.9 Å². The number of carboxylic acids is 1. The molecule has 26 heteroatoms. The molecule has 0 spiro atoms. The summed E-state index contributed by atoms with van der Waals surface area (Å²) in [6.07, 6.45) is 6.35. The van der Waals surface area contributed by atoms with E-state index in [0.717, 1.165) is 10.9 Å². The highest BCUT2D eigenvalue weighted by atomic mass is 16.4. The van der Waals surface area contributed by atoms with Crippen LogP contribution in [0.1, 0.15) is 89.8 Å². The number of aliphatic imine (C=N–C) groups is 1. The lowest BCUT2D eigenvalue weighted by Gasteiger charge is -2.26. The molecule has 0 bridgehead atoms. The maximum atomic E-state index is 14.3. The maximum absolute atomic E-state index is 14.3. The number of nitrogens with zero attached hydrogens (tertiary/aromatic N) is 2. The third kappa shape index (κ3) is 20.0. The van der Waals surface area contributed by atoms with Crippen molar-refractivity contribution >= 4 is 70.1 Å². The number of carboxylic acid groups (broad SMARTS) is 1. The van der Waals surface area contributed by atoms with E-state index in [1.165, 1.54) is 12.5 Å². The van der Waals surface area contributed by atoms with E-state index >= 15 is 0 Å². The van der Waals surface area contributed by atoms with Crippen molar-refractivity contribution < 1.29 is 48.3 Å².